The van der Waals surface area contributed by atoms with Crippen LogP contribution in [-0.4, -0.2) is 32.7 Å². The summed E-state index contributed by atoms with van der Waals surface area (Å²) in [5.74, 6) is 1.46. The van der Waals surface area contributed by atoms with E-state index in [9.17, 15) is 4.79 Å². The minimum atomic E-state index is 0.0694. The predicted octanol–water partition coefficient (Wildman–Crippen LogP) is 5.62. The highest BCUT2D eigenvalue weighted by molar-refractivity contribution is 8.26. The standard InChI is InChI=1S/C24H26ClN3OS2/c25-18-7-5-15(6-8-18)19-12-16(2-1-9-26)20(27-19)13-22-23(29)28(24(30)31-22)21-11-14-3-4-17(21)10-14/h5-8,12-14,17,21,27H,1-4,9-11,26H2/b22-13-. The molecular weight excluding hydrogens is 446 g/mol. The number of rotatable bonds is 6. The number of carbonyl (C=O) groups is 1. The molecule has 5 rings (SSSR count). The van der Waals surface area contributed by atoms with Crippen molar-refractivity contribution >= 4 is 51.9 Å². The van der Waals surface area contributed by atoms with Gasteiger partial charge < -0.3 is 10.7 Å². The van der Waals surface area contributed by atoms with Gasteiger partial charge in [-0.1, -0.05) is 54.1 Å². The molecule has 1 saturated heterocycles. The van der Waals surface area contributed by atoms with Crippen LogP contribution in [0, 0.1) is 11.8 Å². The second-order valence-corrected chi connectivity index (χ2v) is 10.9. The van der Waals surface area contributed by atoms with Gasteiger partial charge in [-0.3, -0.25) is 9.69 Å². The zero-order chi connectivity index (χ0) is 21.5. The number of hydrogen-bond acceptors (Lipinski definition) is 4. The fourth-order valence-electron chi connectivity index (χ4n) is 5.35. The van der Waals surface area contributed by atoms with Crippen LogP contribution in [0.1, 0.15) is 43.4 Å². The normalized spacial score (nSPS) is 26.6. The summed E-state index contributed by atoms with van der Waals surface area (Å²) >= 11 is 13.1. The van der Waals surface area contributed by atoms with Crippen molar-refractivity contribution in [1.29, 1.82) is 0 Å². The Kier molecular flexibility index (Phi) is 5.99. The summed E-state index contributed by atoms with van der Waals surface area (Å²) in [6, 6.07) is 10.2. The highest BCUT2D eigenvalue weighted by Gasteiger charge is 2.47. The van der Waals surface area contributed by atoms with Crippen LogP contribution in [0.4, 0.5) is 0 Å². The molecule has 1 aromatic heterocycles. The van der Waals surface area contributed by atoms with Crippen molar-refractivity contribution in [3.63, 3.8) is 0 Å². The van der Waals surface area contributed by atoms with Gasteiger partial charge in [-0.25, -0.2) is 0 Å². The maximum atomic E-state index is 13.3. The Morgan fingerprint density at radius 1 is 1.26 bits per heavy atom. The second-order valence-electron chi connectivity index (χ2n) is 8.81. The topological polar surface area (TPSA) is 62.1 Å². The molecule has 0 spiro atoms. The molecule has 7 heteroatoms. The van der Waals surface area contributed by atoms with E-state index in [1.165, 1.54) is 36.6 Å². The Balaban J connectivity index is 1.44. The lowest BCUT2D eigenvalue weighted by atomic mass is 9.94. The van der Waals surface area contributed by atoms with E-state index in [2.05, 4.69) is 11.1 Å². The molecule has 2 aliphatic carbocycles. The first-order chi connectivity index (χ1) is 15.0. The molecule has 2 heterocycles. The third-order valence-electron chi connectivity index (χ3n) is 6.87. The lowest BCUT2D eigenvalue weighted by Gasteiger charge is -2.30. The number of carbonyl (C=O) groups excluding carboxylic acids is 1. The van der Waals surface area contributed by atoms with E-state index in [1.807, 2.05) is 35.2 Å². The van der Waals surface area contributed by atoms with E-state index in [0.29, 0.717) is 32.8 Å². The number of thioether (sulfide) groups is 1. The number of hydrogen-bond donors (Lipinski definition) is 2. The number of nitrogens with zero attached hydrogens (tertiary/aromatic N) is 1. The van der Waals surface area contributed by atoms with Crippen molar-refractivity contribution < 1.29 is 4.79 Å². The molecule has 31 heavy (non-hydrogen) atoms. The van der Waals surface area contributed by atoms with Crippen LogP contribution in [0.25, 0.3) is 17.3 Å². The first kappa shape index (κ1) is 21.3. The Hall–Kier alpha value is -1.60. The second kappa shape index (κ2) is 8.74. The zero-order valence-electron chi connectivity index (χ0n) is 17.3. The molecule has 1 aliphatic heterocycles. The van der Waals surface area contributed by atoms with Gasteiger partial charge in [-0.05, 0) is 85.9 Å². The van der Waals surface area contributed by atoms with Gasteiger partial charge in [0.15, 0.2) is 0 Å². The van der Waals surface area contributed by atoms with Crippen molar-refractivity contribution in [2.75, 3.05) is 6.54 Å². The van der Waals surface area contributed by atoms with E-state index in [0.717, 1.165) is 42.1 Å². The molecule has 2 saturated carbocycles. The maximum Gasteiger partial charge on any atom is 0.266 e. The average molecular weight is 472 g/mol. The smallest absolute Gasteiger partial charge is 0.266 e. The lowest BCUT2D eigenvalue weighted by molar-refractivity contribution is -0.124. The molecule has 2 bridgehead atoms. The third kappa shape index (κ3) is 4.11. The summed E-state index contributed by atoms with van der Waals surface area (Å²) < 4.78 is 0.710. The monoisotopic (exact) mass is 471 g/mol. The van der Waals surface area contributed by atoms with Crippen molar-refractivity contribution in [1.82, 2.24) is 9.88 Å². The fourth-order valence-corrected chi connectivity index (χ4v) is 6.83. The van der Waals surface area contributed by atoms with Crippen molar-refractivity contribution in [2.24, 2.45) is 17.6 Å². The predicted molar refractivity (Wildman–Crippen MR) is 133 cm³/mol. The number of aromatic amines is 1. The van der Waals surface area contributed by atoms with Crippen LogP contribution in [-0.2, 0) is 11.2 Å². The molecule has 162 valence electrons. The SMILES string of the molecule is NCCCc1cc(-c2ccc(Cl)cc2)[nH]c1/C=C1\SC(=S)N(C2CC3CCC2C3)C1=O. The van der Waals surface area contributed by atoms with Gasteiger partial charge in [0, 0.05) is 22.5 Å². The highest BCUT2D eigenvalue weighted by atomic mass is 35.5. The molecule has 0 radical (unpaired) electrons. The molecule has 3 aliphatic rings. The summed E-state index contributed by atoms with van der Waals surface area (Å²) in [4.78, 5) is 19.5. The van der Waals surface area contributed by atoms with Crippen LogP contribution >= 0.6 is 35.6 Å². The number of benzene rings is 1. The molecular formula is C24H26ClN3OS2. The largest absolute Gasteiger partial charge is 0.355 e. The minimum Gasteiger partial charge on any atom is -0.355 e. The van der Waals surface area contributed by atoms with E-state index < -0.39 is 0 Å². The first-order valence-corrected chi connectivity index (χ1v) is 12.6. The van der Waals surface area contributed by atoms with Gasteiger partial charge in [0.2, 0.25) is 0 Å². The highest BCUT2D eigenvalue weighted by Crippen LogP contribution is 2.49. The van der Waals surface area contributed by atoms with Crippen LogP contribution in [0.3, 0.4) is 0 Å². The summed E-state index contributed by atoms with van der Waals surface area (Å²) in [5.41, 5.74) is 9.97. The number of halogens is 1. The third-order valence-corrected chi connectivity index (χ3v) is 8.45. The molecule has 3 atom stereocenters. The molecule has 3 unspecified atom stereocenters. The number of amides is 1. The van der Waals surface area contributed by atoms with E-state index >= 15 is 0 Å². The Labute approximate surface area is 197 Å². The van der Waals surface area contributed by atoms with Gasteiger partial charge >= 0.3 is 0 Å². The minimum absolute atomic E-state index is 0.0694. The summed E-state index contributed by atoms with van der Waals surface area (Å²) in [6.45, 7) is 0.632. The number of thiocarbonyl (C=S) groups is 1. The quantitative estimate of drug-likeness (QED) is 0.424. The van der Waals surface area contributed by atoms with E-state index in [1.54, 1.807) is 0 Å². The molecule has 1 aromatic carbocycles. The lowest BCUT2D eigenvalue weighted by Crippen LogP contribution is -2.41. The van der Waals surface area contributed by atoms with Gasteiger partial charge in [0.25, 0.3) is 5.91 Å². The zero-order valence-corrected chi connectivity index (χ0v) is 19.7. The van der Waals surface area contributed by atoms with Gasteiger partial charge in [-0.2, -0.15) is 0 Å². The number of nitrogens with one attached hydrogen (secondary N) is 1. The van der Waals surface area contributed by atoms with Gasteiger partial charge in [-0.15, -0.1) is 0 Å². The van der Waals surface area contributed by atoms with Crippen LogP contribution in [0.5, 0.6) is 0 Å². The fraction of sp³-hybridized carbons (Fsp3) is 0.417. The van der Waals surface area contributed by atoms with Crippen molar-refractivity contribution in [3.05, 3.63) is 51.5 Å². The number of H-pyrrole nitrogens is 1. The van der Waals surface area contributed by atoms with Crippen LogP contribution < -0.4 is 5.73 Å². The number of nitrogens with two attached hydrogens (primary N) is 1. The average Bonchev–Trinajstić information content (AvgIpc) is 3.52. The summed E-state index contributed by atoms with van der Waals surface area (Å²) in [6.07, 6.45) is 8.64. The van der Waals surface area contributed by atoms with Crippen LogP contribution in [0.15, 0.2) is 35.2 Å². The number of aromatic nitrogens is 1. The maximum absolute atomic E-state index is 13.3. The molecule has 3 fully saturated rings. The molecule has 4 nitrogen and oxygen atoms in total. The Morgan fingerprint density at radius 2 is 2.06 bits per heavy atom. The summed E-state index contributed by atoms with van der Waals surface area (Å²) in [5, 5.41) is 0.711. The molecule has 1 amide bonds. The van der Waals surface area contributed by atoms with Crippen molar-refractivity contribution in [3.8, 4) is 11.3 Å². The molecule has 2 aromatic rings. The van der Waals surface area contributed by atoms with Gasteiger partial charge in [0.05, 0.1) is 4.91 Å². The first-order valence-electron chi connectivity index (χ1n) is 11.0. The van der Waals surface area contributed by atoms with Crippen LogP contribution in [0.2, 0.25) is 5.02 Å². The Morgan fingerprint density at radius 3 is 2.74 bits per heavy atom. The van der Waals surface area contributed by atoms with E-state index in [-0.39, 0.29) is 5.91 Å². The van der Waals surface area contributed by atoms with Crippen molar-refractivity contribution in [2.45, 2.75) is 44.6 Å². The number of aryl methyl sites for hydroxylation is 1. The van der Waals surface area contributed by atoms with E-state index in [4.69, 9.17) is 29.6 Å². The Bertz CT molecular complexity index is 1050. The summed E-state index contributed by atoms with van der Waals surface area (Å²) in [7, 11) is 0. The van der Waals surface area contributed by atoms with Gasteiger partial charge in [0.1, 0.15) is 4.32 Å². The molecule has 3 N–H and O–H groups in total. The number of fused-ring (bicyclic) bond motifs is 2.